The molecule has 2 aromatic heterocycles. The lowest BCUT2D eigenvalue weighted by molar-refractivity contribution is 0.122. The van der Waals surface area contributed by atoms with Gasteiger partial charge < -0.3 is 14.4 Å². The predicted octanol–water partition coefficient (Wildman–Crippen LogP) is -0.407. The second-order valence-electron chi connectivity index (χ2n) is 3.65. The SMILES string of the molecule is COc1nnc(N2CCOCC2)c2n[nH]nc12. The first kappa shape index (κ1) is 10.2. The number of ether oxygens (including phenoxy) is 2. The molecule has 3 rings (SSSR count). The molecule has 3 heterocycles. The molecule has 1 aliphatic rings. The number of rotatable bonds is 2. The van der Waals surface area contributed by atoms with Crippen molar-refractivity contribution in [3.63, 3.8) is 0 Å². The summed E-state index contributed by atoms with van der Waals surface area (Å²) in [5.74, 6) is 1.10. The van der Waals surface area contributed by atoms with Crippen molar-refractivity contribution in [1.29, 1.82) is 0 Å². The van der Waals surface area contributed by atoms with E-state index < -0.39 is 0 Å². The van der Waals surface area contributed by atoms with Gasteiger partial charge in [0.25, 0.3) is 5.88 Å². The van der Waals surface area contributed by atoms with Crippen LogP contribution in [0.4, 0.5) is 5.82 Å². The summed E-state index contributed by atoms with van der Waals surface area (Å²) < 4.78 is 10.4. The number of methoxy groups -OCH3 is 1. The van der Waals surface area contributed by atoms with Crippen molar-refractivity contribution in [3.8, 4) is 5.88 Å². The molecule has 8 heteroatoms. The Morgan fingerprint density at radius 3 is 2.71 bits per heavy atom. The Morgan fingerprint density at radius 1 is 1.18 bits per heavy atom. The third-order valence-electron chi connectivity index (χ3n) is 2.70. The van der Waals surface area contributed by atoms with Crippen LogP contribution in [0.2, 0.25) is 0 Å². The van der Waals surface area contributed by atoms with Crippen molar-refractivity contribution in [2.45, 2.75) is 0 Å². The molecule has 0 aromatic carbocycles. The zero-order valence-corrected chi connectivity index (χ0v) is 9.38. The predicted molar refractivity (Wildman–Crippen MR) is 59.1 cm³/mol. The van der Waals surface area contributed by atoms with E-state index in [2.05, 4.69) is 30.5 Å². The highest BCUT2D eigenvalue weighted by Crippen LogP contribution is 2.26. The average molecular weight is 236 g/mol. The van der Waals surface area contributed by atoms with Gasteiger partial charge in [-0.05, 0) is 0 Å². The van der Waals surface area contributed by atoms with Crippen LogP contribution in [-0.4, -0.2) is 59.0 Å². The second kappa shape index (κ2) is 4.13. The first-order valence-corrected chi connectivity index (χ1v) is 5.34. The van der Waals surface area contributed by atoms with Gasteiger partial charge in [-0.2, -0.15) is 15.4 Å². The van der Waals surface area contributed by atoms with E-state index >= 15 is 0 Å². The van der Waals surface area contributed by atoms with Crippen molar-refractivity contribution in [2.24, 2.45) is 0 Å². The number of hydrogen-bond acceptors (Lipinski definition) is 7. The molecule has 0 atom stereocenters. The van der Waals surface area contributed by atoms with Gasteiger partial charge in [0, 0.05) is 13.1 Å². The highest BCUT2D eigenvalue weighted by molar-refractivity contribution is 5.88. The normalized spacial score (nSPS) is 16.4. The minimum atomic E-state index is 0.380. The van der Waals surface area contributed by atoms with Crippen LogP contribution in [0.25, 0.3) is 11.0 Å². The summed E-state index contributed by atoms with van der Waals surface area (Å²) in [5.41, 5.74) is 1.28. The minimum absolute atomic E-state index is 0.380. The number of nitrogens with one attached hydrogen (secondary N) is 1. The number of anilines is 1. The molecule has 90 valence electrons. The van der Waals surface area contributed by atoms with Crippen LogP contribution >= 0.6 is 0 Å². The van der Waals surface area contributed by atoms with Gasteiger partial charge in [0.1, 0.15) is 0 Å². The number of nitrogens with zero attached hydrogens (tertiary/aromatic N) is 5. The van der Waals surface area contributed by atoms with Crippen molar-refractivity contribution < 1.29 is 9.47 Å². The highest BCUT2D eigenvalue weighted by atomic mass is 16.5. The fourth-order valence-electron chi connectivity index (χ4n) is 1.85. The summed E-state index contributed by atoms with van der Waals surface area (Å²) in [6.45, 7) is 2.94. The molecule has 0 amide bonds. The monoisotopic (exact) mass is 236 g/mol. The van der Waals surface area contributed by atoms with Crippen LogP contribution in [0, 0.1) is 0 Å². The molecule has 1 saturated heterocycles. The van der Waals surface area contributed by atoms with Crippen LogP contribution in [0.3, 0.4) is 0 Å². The first-order valence-electron chi connectivity index (χ1n) is 5.34. The van der Waals surface area contributed by atoms with Gasteiger partial charge in [0.15, 0.2) is 16.9 Å². The number of fused-ring (bicyclic) bond motifs is 1. The van der Waals surface area contributed by atoms with Crippen LogP contribution in [0.1, 0.15) is 0 Å². The average Bonchev–Trinajstić information content (AvgIpc) is 2.88. The molecule has 0 saturated carbocycles. The third kappa shape index (κ3) is 1.66. The second-order valence-corrected chi connectivity index (χ2v) is 3.65. The molecule has 0 unspecified atom stereocenters. The van der Waals surface area contributed by atoms with Crippen molar-refractivity contribution >= 4 is 16.9 Å². The Hall–Kier alpha value is -1.96. The zero-order chi connectivity index (χ0) is 11.7. The van der Waals surface area contributed by atoms with E-state index in [0.29, 0.717) is 30.1 Å². The van der Waals surface area contributed by atoms with Crippen molar-refractivity contribution in [3.05, 3.63) is 0 Å². The highest BCUT2D eigenvalue weighted by Gasteiger charge is 2.20. The Labute approximate surface area is 96.9 Å². The summed E-state index contributed by atoms with van der Waals surface area (Å²) in [7, 11) is 1.53. The quantitative estimate of drug-likeness (QED) is 0.758. The van der Waals surface area contributed by atoms with Gasteiger partial charge in [-0.25, -0.2) is 0 Å². The van der Waals surface area contributed by atoms with Gasteiger partial charge in [0.05, 0.1) is 20.3 Å². The number of H-pyrrole nitrogens is 1. The Balaban J connectivity index is 2.07. The van der Waals surface area contributed by atoms with Crippen LogP contribution < -0.4 is 9.64 Å². The zero-order valence-electron chi connectivity index (χ0n) is 9.38. The molecule has 1 aliphatic heterocycles. The number of morpholine rings is 1. The maximum atomic E-state index is 5.30. The van der Waals surface area contributed by atoms with E-state index in [1.165, 1.54) is 7.11 Å². The first-order chi connectivity index (χ1) is 8.40. The molecule has 0 bridgehead atoms. The fraction of sp³-hybridized carbons (Fsp3) is 0.556. The molecule has 0 spiro atoms. The Bertz CT molecular complexity index is 521. The van der Waals surface area contributed by atoms with E-state index in [-0.39, 0.29) is 0 Å². The van der Waals surface area contributed by atoms with E-state index in [4.69, 9.17) is 9.47 Å². The van der Waals surface area contributed by atoms with E-state index in [1.54, 1.807) is 0 Å². The van der Waals surface area contributed by atoms with Crippen LogP contribution in [0.5, 0.6) is 5.88 Å². The molecule has 2 aromatic rings. The van der Waals surface area contributed by atoms with Crippen LogP contribution in [-0.2, 0) is 4.74 Å². The number of hydrogen-bond donors (Lipinski definition) is 1. The molecule has 17 heavy (non-hydrogen) atoms. The number of aromatic amines is 1. The molecule has 0 radical (unpaired) electrons. The van der Waals surface area contributed by atoms with E-state index in [0.717, 1.165) is 18.9 Å². The molecular formula is C9H12N6O2. The largest absolute Gasteiger partial charge is 0.478 e. The summed E-state index contributed by atoms with van der Waals surface area (Å²) in [5, 5.41) is 18.8. The maximum Gasteiger partial charge on any atom is 0.263 e. The van der Waals surface area contributed by atoms with Crippen molar-refractivity contribution in [2.75, 3.05) is 38.3 Å². The summed E-state index contributed by atoms with van der Waals surface area (Å²) in [6.07, 6.45) is 0. The molecular weight excluding hydrogens is 224 g/mol. The van der Waals surface area contributed by atoms with E-state index in [9.17, 15) is 0 Å². The fourth-order valence-corrected chi connectivity index (χ4v) is 1.85. The van der Waals surface area contributed by atoms with Crippen LogP contribution in [0.15, 0.2) is 0 Å². The summed E-state index contributed by atoms with van der Waals surface area (Å²) >= 11 is 0. The van der Waals surface area contributed by atoms with Gasteiger partial charge in [0.2, 0.25) is 0 Å². The van der Waals surface area contributed by atoms with E-state index in [1.807, 2.05) is 0 Å². The standard InChI is InChI=1S/C9H12N6O2/c1-16-9-7-6(10-14-11-7)8(12-13-9)15-2-4-17-5-3-15/h2-5H2,1H3,(H,10,11,14). The molecule has 8 nitrogen and oxygen atoms in total. The topological polar surface area (TPSA) is 89.0 Å². The Morgan fingerprint density at radius 2 is 1.94 bits per heavy atom. The molecule has 1 fully saturated rings. The van der Waals surface area contributed by atoms with Gasteiger partial charge in [-0.1, -0.05) is 0 Å². The van der Waals surface area contributed by atoms with Crippen molar-refractivity contribution in [1.82, 2.24) is 25.6 Å². The number of aromatic nitrogens is 5. The van der Waals surface area contributed by atoms with Gasteiger partial charge >= 0.3 is 0 Å². The molecule has 0 aliphatic carbocycles. The Kier molecular flexibility index (Phi) is 2.48. The summed E-state index contributed by atoms with van der Waals surface area (Å²) in [6, 6.07) is 0. The maximum absolute atomic E-state index is 5.30. The summed E-state index contributed by atoms with van der Waals surface area (Å²) in [4.78, 5) is 2.08. The smallest absolute Gasteiger partial charge is 0.263 e. The minimum Gasteiger partial charge on any atom is -0.478 e. The van der Waals surface area contributed by atoms with Gasteiger partial charge in [-0.15, -0.1) is 10.2 Å². The third-order valence-corrected chi connectivity index (χ3v) is 2.70. The molecule has 1 N–H and O–H groups in total. The lowest BCUT2D eigenvalue weighted by Crippen LogP contribution is -2.37. The van der Waals surface area contributed by atoms with Gasteiger partial charge in [-0.3, -0.25) is 0 Å². The lowest BCUT2D eigenvalue weighted by atomic mass is 10.3. The lowest BCUT2D eigenvalue weighted by Gasteiger charge is -2.27.